The maximum atomic E-state index is 13.1. The van der Waals surface area contributed by atoms with Gasteiger partial charge in [-0.15, -0.1) is 11.8 Å². The summed E-state index contributed by atoms with van der Waals surface area (Å²) in [6.45, 7) is 8.01. The molecule has 0 aliphatic carbocycles. The first-order valence-electron chi connectivity index (χ1n) is 9.69. The second kappa shape index (κ2) is 10.8. The van der Waals surface area contributed by atoms with Crippen LogP contribution in [0.5, 0.6) is 0 Å². The van der Waals surface area contributed by atoms with Crippen molar-refractivity contribution < 1.29 is 9.59 Å². The van der Waals surface area contributed by atoms with Gasteiger partial charge in [-0.1, -0.05) is 46.3 Å². The van der Waals surface area contributed by atoms with Gasteiger partial charge in [-0.25, -0.2) is 0 Å². The molecule has 1 atom stereocenters. The Hall–Kier alpha value is -1.79. The van der Waals surface area contributed by atoms with Crippen LogP contribution in [0.25, 0.3) is 0 Å². The van der Waals surface area contributed by atoms with Crippen LogP contribution in [0, 0.1) is 0 Å². The Bertz CT molecular complexity index is 821. The fraction of sp³-hybridized carbons (Fsp3) is 0.391. The molecular formula is C23H29BrN2O2S. The Morgan fingerprint density at radius 3 is 2.41 bits per heavy atom. The summed E-state index contributed by atoms with van der Waals surface area (Å²) in [5.74, 6) is 0.507. The average molecular weight is 477 g/mol. The topological polar surface area (TPSA) is 49.4 Å². The third kappa shape index (κ3) is 8.23. The van der Waals surface area contributed by atoms with Gasteiger partial charge in [-0.3, -0.25) is 9.59 Å². The maximum absolute atomic E-state index is 13.1. The van der Waals surface area contributed by atoms with E-state index in [1.54, 1.807) is 23.6 Å². The lowest BCUT2D eigenvalue weighted by molar-refractivity contribution is -0.140. The monoisotopic (exact) mass is 476 g/mol. The van der Waals surface area contributed by atoms with E-state index in [9.17, 15) is 9.59 Å². The molecule has 29 heavy (non-hydrogen) atoms. The first kappa shape index (κ1) is 23.5. The largest absolute Gasteiger partial charge is 0.350 e. The van der Waals surface area contributed by atoms with Crippen LogP contribution in [0.4, 0.5) is 0 Å². The van der Waals surface area contributed by atoms with Gasteiger partial charge >= 0.3 is 0 Å². The van der Waals surface area contributed by atoms with Gasteiger partial charge in [0, 0.05) is 33.6 Å². The molecule has 156 valence electrons. The summed E-state index contributed by atoms with van der Waals surface area (Å²) in [4.78, 5) is 28.6. The van der Waals surface area contributed by atoms with Gasteiger partial charge in [-0.2, -0.15) is 0 Å². The summed E-state index contributed by atoms with van der Waals surface area (Å²) in [6, 6.07) is 17.3. The highest BCUT2D eigenvalue weighted by molar-refractivity contribution is 9.10. The number of thioether (sulfide) groups is 1. The fourth-order valence-electron chi connectivity index (χ4n) is 2.81. The van der Waals surface area contributed by atoms with Crippen LogP contribution in [0.15, 0.2) is 64.0 Å². The van der Waals surface area contributed by atoms with Gasteiger partial charge in [0.1, 0.15) is 6.04 Å². The van der Waals surface area contributed by atoms with Crippen molar-refractivity contribution in [2.45, 2.75) is 57.1 Å². The molecule has 6 heteroatoms. The normalized spacial score (nSPS) is 12.3. The van der Waals surface area contributed by atoms with Gasteiger partial charge in [0.25, 0.3) is 0 Å². The number of hydrogen-bond donors (Lipinski definition) is 1. The summed E-state index contributed by atoms with van der Waals surface area (Å²) in [5.41, 5.74) is 0.637. The number of carbonyl (C=O) groups excluding carboxylic acids is 2. The zero-order valence-corrected chi connectivity index (χ0v) is 19.8. The van der Waals surface area contributed by atoms with Crippen molar-refractivity contribution in [2.75, 3.05) is 5.75 Å². The molecule has 0 fully saturated rings. The van der Waals surface area contributed by atoms with Crippen LogP contribution in [0.3, 0.4) is 0 Å². The number of hydrogen-bond acceptors (Lipinski definition) is 3. The van der Waals surface area contributed by atoms with Gasteiger partial charge in [0.2, 0.25) is 11.8 Å². The minimum Gasteiger partial charge on any atom is -0.350 e. The highest BCUT2D eigenvalue weighted by Gasteiger charge is 2.28. The van der Waals surface area contributed by atoms with Crippen molar-refractivity contribution in [3.8, 4) is 0 Å². The summed E-state index contributed by atoms with van der Waals surface area (Å²) in [5, 5.41) is 2.99. The van der Waals surface area contributed by atoms with Crippen molar-refractivity contribution in [2.24, 2.45) is 0 Å². The molecule has 2 amide bonds. The second-order valence-corrected chi connectivity index (χ2v) is 10.1. The lowest BCUT2D eigenvalue weighted by Gasteiger charge is -2.31. The standard InChI is InChI=1S/C23H29BrN2O2S/c1-17(22(28)25-23(2,3)4)26(16-18-9-8-10-19(24)15-18)21(27)13-14-29-20-11-6-5-7-12-20/h5-12,15,17H,13-14,16H2,1-4H3,(H,25,28)/t17-/m0/s1. The van der Waals surface area contributed by atoms with Crippen molar-refractivity contribution in [3.05, 3.63) is 64.6 Å². The van der Waals surface area contributed by atoms with Crippen molar-refractivity contribution >= 4 is 39.5 Å². The summed E-state index contributed by atoms with van der Waals surface area (Å²) < 4.78 is 0.953. The SMILES string of the molecule is C[C@@H](C(=O)NC(C)(C)C)N(Cc1cccc(Br)c1)C(=O)CCSc1ccccc1. The third-order valence-electron chi connectivity index (χ3n) is 4.24. The van der Waals surface area contributed by atoms with Gasteiger partial charge in [-0.05, 0) is 57.5 Å². The van der Waals surface area contributed by atoms with Crippen LogP contribution in [0.1, 0.15) is 39.7 Å². The van der Waals surface area contributed by atoms with E-state index >= 15 is 0 Å². The Morgan fingerprint density at radius 1 is 1.10 bits per heavy atom. The van der Waals surface area contributed by atoms with Crippen LogP contribution >= 0.6 is 27.7 Å². The molecule has 0 unspecified atom stereocenters. The van der Waals surface area contributed by atoms with E-state index in [2.05, 4.69) is 21.2 Å². The van der Waals surface area contributed by atoms with Crippen molar-refractivity contribution in [1.29, 1.82) is 0 Å². The van der Waals surface area contributed by atoms with E-state index in [1.165, 1.54) is 0 Å². The molecule has 0 spiro atoms. The molecule has 0 radical (unpaired) electrons. The number of nitrogens with zero attached hydrogens (tertiary/aromatic N) is 1. The number of halogens is 1. The quantitative estimate of drug-likeness (QED) is 0.528. The Kier molecular flexibility index (Phi) is 8.78. The van der Waals surface area contributed by atoms with Gasteiger partial charge in [0.15, 0.2) is 0 Å². The molecule has 2 aromatic carbocycles. The van der Waals surface area contributed by atoms with Gasteiger partial charge < -0.3 is 10.2 Å². The Labute approximate surface area is 186 Å². The van der Waals surface area contributed by atoms with Crippen LogP contribution in [0.2, 0.25) is 0 Å². The molecule has 0 saturated carbocycles. The lowest BCUT2D eigenvalue weighted by Crippen LogP contribution is -2.52. The lowest BCUT2D eigenvalue weighted by atomic mass is 10.1. The smallest absolute Gasteiger partial charge is 0.242 e. The third-order valence-corrected chi connectivity index (χ3v) is 5.74. The van der Waals surface area contributed by atoms with Crippen molar-refractivity contribution in [3.63, 3.8) is 0 Å². The number of carbonyl (C=O) groups is 2. The molecule has 0 saturated heterocycles. The minimum atomic E-state index is -0.553. The molecule has 2 rings (SSSR count). The summed E-state index contributed by atoms with van der Waals surface area (Å²) >= 11 is 5.13. The molecule has 0 aromatic heterocycles. The zero-order valence-electron chi connectivity index (χ0n) is 17.4. The molecule has 1 N–H and O–H groups in total. The number of nitrogens with one attached hydrogen (secondary N) is 1. The molecular weight excluding hydrogens is 448 g/mol. The molecule has 0 heterocycles. The summed E-state index contributed by atoms with van der Waals surface area (Å²) in [7, 11) is 0. The predicted molar refractivity (Wildman–Crippen MR) is 124 cm³/mol. The zero-order chi connectivity index (χ0) is 21.4. The number of amides is 2. The molecule has 0 aliphatic heterocycles. The van der Waals surface area contributed by atoms with Crippen LogP contribution < -0.4 is 5.32 Å². The highest BCUT2D eigenvalue weighted by Crippen LogP contribution is 2.20. The molecule has 4 nitrogen and oxygen atoms in total. The van der Waals surface area contributed by atoms with E-state index in [0.717, 1.165) is 14.9 Å². The molecule has 2 aromatic rings. The van der Waals surface area contributed by atoms with Gasteiger partial charge in [0.05, 0.1) is 0 Å². The first-order chi connectivity index (χ1) is 13.7. The maximum Gasteiger partial charge on any atom is 0.242 e. The highest BCUT2D eigenvalue weighted by atomic mass is 79.9. The van der Waals surface area contributed by atoms with E-state index in [0.29, 0.717) is 18.7 Å². The fourth-order valence-corrected chi connectivity index (χ4v) is 4.11. The first-order valence-corrected chi connectivity index (χ1v) is 11.5. The van der Waals surface area contributed by atoms with E-state index in [1.807, 2.05) is 75.4 Å². The van der Waals surface area contributed by atoms with Crippen molar-refractivity contribution in [1.82, 2.24) is 10.2 Å². The Morgan fingerprint density at radius 2 is 1.79 bits per heavy atom. The van der Waals surface area contributed by atoms with Crippen LogP contribution in [-0.4, -0.2) is 34.0 Å². The Balaban J connectivity index is 2.09. The molecule has 0 bridgehead atoms. The van der Waals surface area contributed by atoms with E-state index in [4.69, 9.17) is 0 Å². The number of rotatable bonds is 8. The average Bonchev–Trinajstić information content (AvgIpc) is 2.65. The molecule has 0 aliphatic rings. The predicted octanol–water partition coefficient (Wildman–Crippen LogP) is 5.26. The van der Waals surface area contributed by atoms with E-state index < -0.39 is 6.04 Å². The van der Waals surface area contributed by atoms with E-state index in [-0.39, 0.29) is 17.4 Å². The second-order valence-electron chi connectivity index (χ2n) is 7.98. The van der Waals surface area contributed by atoms with Crippen LogP contribution in [-0.2, 0) is 16.1 Å². The number of benzene rings is 2. The summed E-state index contributed by atoms with van der Waals surface area (Å²) in [6.07, 6.45) is 0.376. The minimum absolute atomic E-state index is 0.0232.